The van der Waals surface area contributed by atoms with Crippen LogP contribution < -0.4 is 4.74 Å². The monoisotopic (exact) mass is 518 g/mol. The van der Waals surface area contributed by atoms with Crippen molar-refractivity contribution in [3.05, 3.63) is 69.9 Å². The van der Waals surface area contributed by atoms with Gasteiger partial charge in [-0.2, -0.15) is 0 Å². The fourth-order valence-electron chi connectivity index (χ4n) is 2.47. The van der Waals surface area contributed by atoms with Crippen LogP contribution in [0, 0.1) is 0 Å². The number of phenolic OH excluding ortho intramolecular Hbond substituents is 1. The summed E-state index contributed by atoms with van der Waals surface area (Å²) in [6, 6.07) is 14.4. The van der Waals surface area contributed by atoms with Gasteiger partial charge >= 0.3 is 5.97 Å². The predicted octanol–water partition coefficient (Wildman–Crippen LogP) is 5.25. The van der Waals surface area contributed by atoms with Gasteiger partial charge in [0.05, 0.1) is 18.1 Å². The van der Waals surface area contributed by atoms with Crippen molar-refractivity contribution in [3.8, 4) is 11.5 Å². The average Bonchev–Trinajstić information content (AvgIpc) is 2.71. The van der Waals surface area contributed by atoms with Crippen LogP contribution in [-0.4, -0.2) is 34.8 Å². The van der Waals surface area contributed by atoms with E-state index >= 15 is 0 Å². The van der Waals surface area contributed by atoms with E-state index in [9.17, 15) is 9.90 Å². The molecule has 0 atom stereocenters. The van der Waals surface area contributed by atoms with Crippen LogP contribution in [0.4, 0.5) is 0 Å². The third kappa shape index (κ3) is 5.88. The zero-order chi connectivity index (χ0) is 20.8. The van der Waals surface area contributed by atoms with E-state index in [0.29, 0.717) is 5.75 Å². The Bertz CT molecular complexity index is 1130. The molecule has 0 bridgehead atoms. The SMILES string of the molecule is COC(=O)COc1ccc2ncc(Br)cc2c1.Oc1ccc2ncc(Br)cc2c1. The standard InChI is InChI=1S/C12H10BrNO3.C9H6BrNO/c1-16-12(15)7-17-10-2-3-11-8(5-10)4-9(13)6-14-11;10-7-3-6-4-8(12)1-2-9(6)11-5-7/h2-6H,7H2,1H3;1-5,12H. The lowest BCUT2D eigenvalue weighted by molar-refractivity contribution is -0.142. The number of phenols is 1. The molecule has 2 heterocycles. The molecule has 0 fully saturated rings. The quantitative estimate of drug-likeness (QED) is 0.372. The highest BCUT2D eigenvalue weighted by atomic mass is 79.9. The molecule has 0 saturated carbocycles. The van der Waals surface area contributed by atoms with Crippen LogP contribution in [0.15, 0.2) is 69.9 Å². The summed E-state index contributed by atoms with van der Waals surface area (Å²) in [7, 11) is 1.33. The number of hydrogen-bond donors (Lipinski definition) is 1. The van der Waals surface area contributed by atoms with Crippen molar-refractivity contribution in [2.45, 2.75) is 0 Å². The zero-order valence-electron chi connectivity index (χ0n) is 15.3. The van der Waals surface area contributed by atoms with Crippen LogP contribution in [0.5, 0.6) is 11.5 Å². The molecule has 0 amide bonds. The van der Waals surface area contributed by atoms with E-state index in [1.54, 1.807) is 36.7 Å². The lowest BCUT2D eigenvalue weighted by Crippen LogP contribution is -2.12. The first kappa shape index (κ1) is 21.0. The summed E-state index contributed by atoms with van der Waals surface area (Å²) in [5, 5.41) is 11.1. The number of aromatic hydroxyl groups is 1. The number of pyridine rings is 2. The Morgan fingerprint density at radius 1 is 0.931 bits per heavy atom. The molecule has 6 nitrogen and oxygen atoms in total. The summed E-state index contributed by atoms with van der Waals surface area (Å²) in [5.41, 5.74) is 1.76. The number of halogens is 2. The molecule has 0 saturated heterocycles. The number of carbonyl (C=O) groups is 1. The van der Waals surface area contributed by atoms with E-state index in [-0.39, 0.29) is 12.4 Å². The molecular weight excluding hydrogens is 504 g/mol. The minimum absolute atomic E-state index is 0.0938. The number of ether oxygens (including phenoxy) is 2. The number of aromatic nitrogens is 2. The number of methoxy groups -OCH3 is 1. The smallest absolute Gasteiger partial charge is 0.343 e. The van der Waals surface area contributed by atoms with E-state index in [1.165, 1.54) is 7.11 Å². The van der Waals surface area contributed by atoms with Crippen molar-refractivity contribution in [3.63, 3.8) is 0 Å². The Balaban J connectivity index is 0.000000176. The molecule has 4 rings (SSSR count). The molecule has 0 aliphatic carbocycles. The first-order valence-electron chi connectivity index (χ1n) is 8.44. The zero-order valence-corrected chi connectivity index (χ0v) is 18.5. The highest BCUT2D eigenvalue weighted by Gasteiger charge is 2.03. The van der Waals surface area contributed by atoms with Gasteiger partial charge in [-0.15, -0.1) is 0 Å². The maximum Gasteiger partial charge on any atom is 0.343 e. The van der Waals surface area contributed by atoms with E-state index < -0.39 is 5.97 Å². The second kappa shape index (κ2) is 9.67. The van der Waals surface area contributed by atoms with Gasteiger partial charge in [-0.1, -0.05) is 0 Å². The fourth-order valence-corrected chi connectivity index (χ4v) is 3.16. The van der Waals surface area contributed by atoms with Crippen molar-refractivity contribution in [1.82, 2.24) is 9.97 Å². The largest absolute Gasteiger partial charge is 0.508 e. The Labute approximate surface area is 183 Å². The van der Waals surface area contributed by atoms with Crippen molar-refractivity contribution < 1.29 is 19.4 Å². The second-order valence-electron chi connectivity index (χ2n) is 5.90. The molecule has 148 valence electrons. The number of fused-ring (bicyclic) bond motifs is 2. The lowest BCUT2D eigenvalue weighted by Gasteiger charge is -2.05. The third-order valence-corrected chi connectivity index (χ3v) is 4.70. The van der Waals surface area contributed by atoms with Gasteiger partial charge in [0.2, 0.25) is 0 Å². The van der Waals surface area contributed by atoms with Crippen molar-refractivity contribution in [2.24, 2.45) is 0 Å². The molecule has 8 heteroatoms. The highest BCUT2D eigenvalue weighted by molar-refractivity contribution is 9.10. The minimum atomic E-state index is -0.405. The van der Waals surface area contributed by atoms with Gasteiger partial charge in [-0.25, -0.2) is 4.79 Å². The Morgan fingerprint density at radius 2 is 1.52 bits per heavy atom. The van der Waals surface area contributed by atoms with Crippen LogP contribution in [-0.2, 0) is 9.53 Å². The highest BCUT2D eigenvalue weighted by Crippen LogP contribution is 2.22. The van der Waals surface area contributed by atoms with Crippen LogP contribution in [0.25, 0.3) is 21.8 Å². The molecule has 0 radical (unpaired) electrons. The van der Waals surface area contributed by atoms with Crippen LogP contribution >= 0.6 is 31.9 Å². The lowest BCUT2D eigenvalue weighted by atomic mass is 10.2. The molecule has 0 unspecified atom stereocenters. The molecule has 2 aromatic heterocycles. The summed E-state index contributed by atoms with van der Waals surface area (Å²) in [4.78, 5) is 19.3. The Morgan fingerprint density at radius 3 is 2.14 bits per heavy atom. The predicted molar refractivity (Wildman–Crippen MR) is 118 cm³/mol. The van der Waals surface area contributed by atoms with Crippen molar-refractivity contribution in [1.29, 1.82) is 0 Å². The first-order valence-corrected chi connectivity index (χ1v) is 10.0. The molecular formula is C21H16Br2N2O4. The van der Waals surface area contributed by atoms with E-state index in [2.05, 4.69) is 46.6 Å². The topological polar surface area (TPSA) is 81.5 Å². The van der Waals surface area contributed by atoms with Gasteiger partial charge in [-0.05, 0) is 80.4 Å². The van der Waals surface area contributed by atoms with Gasteiger partial charge < -0.3 is 14.6 Å². The number of rotatable bonds is 3. The summed E-state index contributed by atoms with van der Waals surface area (Å²) in [5.74, 6) is 0.475. The van der Waals surface area contributed by atoms with Gasteiger partial charge in [0.15, 0.2) is 6.61 Å². The minimum Gasteiger partial charge on any atom is -0.508 e. The van der Waals surface area contributed by atoms with Crippen molar-refractivity contribution >= 4 is 59.6 Å². The van der Waals surface area contributed by atoms with Gasteiger partial charge in [0.1, 0.15) is 11.5 Å². The van der Waals surface area contributed by atoms with E-state index in [1.807, 2.05) is 24.3 Å². The molecule has 0 aliphatic rings. The molecule has 1 N–H and O–H groups in total. The Kier molecular flexibility index (Phi) is 7.00. The number of nitrogens with zero attached hydrogens (tertiary/aromatic N) is 2. The molecule has 29 heavy (non-hydrogen) atoms. The number of benzene rings is 2. The summed E-state index contributed by atoms with van der Waals surface area (Å²) in [6.07, 6.45) is 3.47. The van der Waals surface area contributed by atoms with E-state index in [4.69, 9.17) is 4.74 Å². The van der Waals surface area contributed by atoms with Gasteiger partial charge in [0, 0.05) is 32.1 Å². The maximum absolute atomic E-state index is 10.9. The second-order valence-corrected chi connectivity index (χ2v) is 7.73. The average molecular weight is 520 g/mol. The Hall–Kier alpha value is -2.71. The third-order valence-electron chi connectivity index (χ3n) is 3.84. The fraction of sp³-hybridized carbons (Fsp3) is 0.0952. The summed E-state index contributed by atoms with van der Waals surface area (Å²) >= 11 is 6.67. The summed E-state index contributed by atoms with van der Waals surface area (Å²) in [6.45, 7) is -0.0938. The molecule has 0 aliphatic heterocycles. The van der Waals surface area contributed by atoms with Gasteiger partial charge in [-0.3, -0.25) is 9.97 Å². The summed E-state index contributed by atoms with van der Waals surface area (Å²) < 4.78 is 11.6. The van der Waals surface area contributed by atoms with Gasteiger partial charge in [0.25, 0.3) is 0 Å². The van der Waals surface area contributed by atoms with E-state index in [0.717, 1.165) is 30.8 Å². The number of esters is 1. The maximum atomic E-state index is 10.9. The van der Waals surface area contributed by atoms with Crippen LogP contribution in [0.1, 0.15) is 0 Å². The first-order chi connectivity index (χ1) is 13.9. The van der Waals surface area contributed by atoms with Crippen LogP contribution in [0.3, 0.4) is 0 Å². The molecule has 2 aromatic carbocycles. The van der Waals surface area contributed by atoms with Crippen molar-refractivity contribution in [2.75, 3.05) is 13.7 Å². The normalized spacial score (nSPS) is 10.3. The number of hydrogen-bond acceptors (Lipinski definition) is 6. The molecule has 0 spiro atoms. The van der Waals surface area contributed by atoms with Crippen LogP contribution in [0.2, 0.25) is 0 Å². The molecule has 4 aromatic rings. The number of carbonyl (C=O) groups excluding carboxylic acids is 1.